The van der Waals surface area contributed by atoms with E-state index in [1.54, 1.807) is 12.8 Å². The first-order valence-corrected chi connectivity index (χ1v) is 8.94. The standard InChI is InChI=1S/C18H23N/c1-17-4-7-14-12-10-8-5-3-6(5)9(8)11(10)13(12)16(19-2)18(14,17)15(7)17/h5-16,19H,3-4H2,1-2H3/t5?,6?,7?,8?,9-,10+,11?,12?,13-,14?,15?,16-,17-,18?/m1/s1. The fraction of sp³-hybridized carbons (Fsp3) is 1.00. The Morgan fingerprint density at radius 1 is 0.895 bits per heavy atom. The second-order valence-electron chi connectivity index (χ2n) is 10.0. The molecule has 8 aliphatic carbocycles. The van der Waals surface area contributed by atoms with Crippen LogP contribution in [0.1, 0.15) is 19.8 Å². The Bertz CT molecular complexity index is 564. The molecule has 1 N–H and O–H groups in total. The quantitative estimate of drug-likeness (QED) is 0.707. The summed E-state index contributed by atoms with van der Waals surface area (Å²) >= 11 is 0. The van der Waals surface area contributed by atoms with E-state index in [4.69, 9.17) is 0 Å². The average molecular weight is 253 g/mol. The van der Waals surface area contributed by atoms with Crippen molar-refractivity contribution in [1.29, 1.82) is 0 Å². The van der Waals surface area contributed by atoms with E-state index in [0.717, 1.165) is 22.8 Å². The first kappa shape index (κ1) is 9.07. The van der Waals surface area contributed by atoms with Gasteiger partial charge in [-0.3, -0.25) is 0 Å². The number of rotatable bonds is 1. The van der Waals surface area contributed by atoms with E-state index in [9.17, 15) is 0 Å². The molecule has 0 radical (unpaired) electrons. The summed E-state index contributed by atoms with van der Waals surface area (Å²) in [5.41, 5.74) is 1.65. The van der Waals surface area contributed by atoms with Gasteiger partial charge in [-0.1, -0.05) is 6.92 Å². The molecular weight excluding hydrogens is 230 g/mol. The Kier molecular flexibility index (Phi) is 0.950. The molecule has 14 atom stereocenters. The Morgan fingerprint density at radius 3 is 2.32 bits per heavy atom. The van der Waals surface area contributed by atoms with Gasteiger partial charge in [0.15, 0.2) is 0 Å². The average Bonchev–Trinajstić information content (AvgIpc) is 3.03. The third-order valence-electron chi connectivity index (χ3n) is 10.8. The van der Waals surface area contributed by atoms with Gasteiger partial charge in [-0.25, -0.2) is 0 Å². The lowest BCUT2D eigenvalue weighted by atomic mass is 9.31. The summed E-state index contributed by atoms with van der Waals surface area (Å²) in [6.45, 7) is 2.65. The van der Waals surface area contributed by atoms with Crippen LogP contribution in [-0.4, -0.2) is 13.1 Å². The summed E-state index contributed by atoms with van der Waals surface area (Å²) in [7, 11) is 2.29. The molecule has 0 bridgehead atoms. The minimum atomic E-state index is 0.814. The minimum Gasteiger partial charge on any atom is -0.316 e. The lowest BCUT2D eigenvalue weighted by Gasteiger charge is -2.73. The van der Waals surface area contributed by atoms with Gasteiger partial charge in [0.1, 0.15) is 0 Å². The fourth-order valence-electron chi connectivity index (χ4n) is 10.9. The van der Waals surface area contributed by atoms with Crippen molar-refractivity contribution >= 4 is 0 Å². The van der Waals surface area contributed by atoms with Crippen LogP contribution in [0.25, 0.3) is 0 Å². The van der Waals surface area contributed by atoms with Crippen molar-refractivity contribution < 1.29 is 0 Å². The van der Waals surface area contributed by atoms with Gasteiger partial charge in [-0.05, 0) is 95.8 Å². The molecule has 100 valence electrons. The third kappa shape index (κ3) is 0.497. The van der Waals surface area contributed by atoms with Crippen molar-refractivity contribution in [3.63, 3.8) is 0 Å². The topological polar surface area (TPSA) is 12.0 Å². The van der Waals surface area contributed by atoms with E-state index in [-0.39, 0.29) is 0 Å². The number of fused-ring (bicyclic) bond motifs is 12. The first-order chi connectivity index (χ1) is 9.27. The van der Waals surface area contributed by atoms with Crippen LogP contribution in [-0.2, 0) is 0 Å². The van der Waals surface area contributed by atoms with E-state index < -0.39 is 0 Å². The zero-order valence-corrected chi connectivity index (χ0v) is 11.8. The summed E-state index contributed by atoms with van der Waals surface area (Å²) in [6, 6.07) is 0.941. The molecule has 1 heteroatoms. The monoisotopic (exact) mass is 253 g/mol. The van der Waals surface area contributed by atoms with Crippen LogP contribution >= 0.6 is 0 Å². The summed E-state index contributed by atoms with van der Waals surface area (Å²) in [6.07, 6.45) is 3.26. The summed E-state index contributed by atoms with van der Waals surface area (Å²) in [5.74, 6) is 13.3. The van der Waals surface area contributed by atoms with Gasteiger partial charge >= 0.3 is 0 Å². The molecular formula is C18H23N. The van der Waals surface area contributed by atoms with Gasteiger partial charge in [0.05, 0.1) is 0 Å². The van der Waals surface area contributed by atoms with E-state index in [1.165, 1.54) is 59.2 Å². The highest BCUT2D eigenvalue weighted by Crippen LogP contribution is 3.04. The molecule has 8 saturated carbocycles. The minimum absolute atomic E-state index is 0.814. The van der Waals surface area contributed by atoms with E-state index >= 15 is 0 Å². The molecule has 0 saturated heterocycles. The van der Waals surface area contributed by atoms with Crippen molar-refractivity contribution in [1.82, 2.24) is 5.32 Å². The zero-order valence-electron chi connectivity index (χ0n) is 11.8. The molecule has 8 fully saturated rings. The Balaban J connectivity index is 1.30. The van der Waals surface area contributed by atoms with Crippen LogP contribution in [0.3, 0.4) is 0 Å². The van der Waals surface area contributed by atoms with Gasteiger partial charge in [0.25, 0.3) is 0 Å². The predicted molar refractivity (Wildman–Crippen MR) is 71.0 cm³/mol. The van der Waals surface area contributed by atoms with Crippen LogP contribution in [0.2, 0.25) is 0 Å². The Hall–Kier alpha value is -0.0400. The molecule has 9 unspecified atom stereocenters. The summed E-state index contributed by atoms with van der Waals surface area (Å²) in [5, 5.41) is 3.86. The molecule has 1 spiro atoms. The van der Waals surface area contributed by atoms with Gasteiger partial charge in [0, 0.05) is 6.04 Å². The van der Waals surface area contributed by atoms with Crippen LogP contribution in [0.15, 0.2) is 0 Å². The normalized spacial score (nSPS) is 91.9. The largest absolute Gasteiger partial charge is 0.316 e. The number of hydrogen-bond donors (Lipinski definition) is 1. The van der Waals surface area contributed by atoms with Crippen LogP contribution in [0, 0.1) is 75.9 Å². The third-order valence-corrected chi connectivity index (χ3v) is 10.8. The molecule has 1 nitrogen and oxygen atoms in total. The first-order valence-electron chi connectivity index (χ1n) is 8.94. The van der Waals surface area contributed by atoms with Crippen molar-refractivity contribution in [2.75, 3.05) is 7.05 Å². The van der Waals surface area contributed by atoms with Crippen molar-refractivity contribution in [2.24, 2.45) is 75.9 Å². The van der Waals surface area contributed by atoms with Crippen LogP contribution in [0.5, 0.6) is 0 Å². The van der Waals surface area contributed by atoms with E-state index in [0.29, 0.717) is 0 Å². The van der Waals surface area contributed by atoms with Crippen LogP contribution in [0.4, 0.5) is 0 Å². The second-order valence-corrected chi connectivity index (χ2v) is 10.0. The Labute approximate surface area is 114 Å². The lowest BCUT2D eigenvalue weighted by molar-refractivity contribution is -0.264. The maximum atomic E-state index is 3.86. The highest BCUT2D eigenvalue weighted by atomic mass is 15.1. The molecule has 0 aromatic rings. The summed E-state index contributed by atoms with van der Waals surface area (Å²) in [4.78, 5) is 0. The second kappa shape index (κ2) is 1.99. The predicted octanol–water partition coefficient (Wildman–Crippen LogP) is 2.23. The molecule has 8 aliphatic rings. The van der Waals surface area contributed by atoms with Gasteiger partial charge in [0.2, 0.25) is 0 Å². The maximum Gasteiger partial charge on any atom is 0.0166 e. The molecule has 0 amide bonds. The van der Waals surface area contributed by atoms with Crippen molar-refractivity contribution in [2.45, 2.75) is 25.8 Å². The fourth-order valence-corrected chi connectivity index (χ4v) is 10.9. The zero-order chi connectivity index (χ0) is 12.0. The van der Waals surface area contributed by atoms with E-state index in [2.05, 4.69) is 19.3 Å². The molecule has 0 heterocycles. The van der Waals surface area contributed by atoms with Crippen molar-refractivity contribution in [3.05, 3.63) is 0 Å². The highest BCUT2D eigenvalue weighted by Gasteiger charge is 3.02. The molecule has 0 aromatic carbocycles. The smallest absolute Gasteiger partial charge is 0.0166 e. The highest BCUT2D eigenvalue weighted by molar-refractivity contribution is 5.50. The molecule has 19 heavy (non-hydrogen) atoms. The van der Waals surface area contributed by atoms with Gasteiger partial charge in [-0.2, -0.15) is 0 Å². The van der Waals surface area contributed by atoms with Crippen LogP contribution < -0.4 is 5.32 Å². The maximum absolute atomic E-state index is 3.86. The lowest BCUT2D eigenvalue weighted by Crippen LogP contribution is -2.71. The molecule has 0 aromatic heterocycles. The SMILES string of the molecule is CN[C@@H]1[C@H]2C(C3C4C[C@]5(C)C4C315)[C@H]1C3C4CC4[C@H]3C12. The number of hydrogen-bond acceptors (Lipinski definition) is 1. The molecule has 0 aliphatic heterocycles. The van der Waals surface area contributed by atoms with Crippen molar-refractivity contribution in [3.8, 4) is 0 Å². The molecule has 8 rings (SSSR count). The Morgan fingerprint density at radius 2 is 1.63 bits per heavy atom. The summed E-state index contributed by atoms with van der Waals surface area (Å²) < 4.78 is 0. The van der Waals surface area contributed by atoms with Gasteiger partial charge < -0.3 is 5.32 Å². The van der Waals surface area contributed by atoms with Gasteiger partial charge in [-0.15, -0.1) is 0 Å². The van der Waals surface area contributed by atoms with E-state index in [1.807, 2.05) is 0 Å². The number of nitrogens with one attached hydrogen (secondary N) is 1.